The number of likely N-dealkylation sites (tertiary alicyclic amines) is 1. The van der Waals surface area contributed by atoms with Gasteiger partial charge in [-0.3, -0.25) is 4.79 Å². The van der Waals surface area contributed by atoms with E-state index in [-0.39, 0.29) is 11.8 Å². The van der Waals surface area contributed by atoms with Crippen LogP contribution in [0, 0.1) is 11.8 Å². The van der Waals surface area contributed by atoms with Crippen LogP contribution >= 0.6 is 0 Å². The Morgan fingerprint density at radius 1 is 1.55 bits per heavy atom. The van der Waals surface area contributed by atoms with Crippen LogP contribution in [0.25, 0.3) is 0 Å². The molecule has 108 valence electrons. The van der Waals surface area contributed by atoms with E-state index in [1.165, 1.54) is 0 Å². The zero-order valence-corrected chi connectivity index (χ0v) is 12.0. The molecule has 20 heavy (non-hydrogen) atoms. The molecule has 1 saturated heterocycles. The molecular formula is C15H21N3O2. The lowest BCUT2D eigenvalue weighted by atomic mass is 9.88. The van der Waals surface area contributed by atoms with Crippen LogP contribution < -0.4 is 5.32 Å². The quantitative estimate of drug-likeness (QED) is 0.874. The summed E-state index contributed by atoms with van der Waals surface area (Å²) in [4.78, 5) is 18.6. The van der Waals surface area contributed by atoms with Gasteiger partial charge >= 0.3 is 0 Å². The maximum absolute atomic E-state index is 12.6. The van der Waals surface area contributed by atoms with Crippen molar-refractivity contribution >= 4 is 11.7 Å². The highest BCUT2D eigenvalue weighted by Gasteiger charge is 2.53. The lowest BCUT2D eigenvalue weighted by molar-refractivity contribution is -0.00364. The van der Waals surface area contributed by atoms with E-state index in [1.807, 2.05) is 6.92 Å². The second kappa shape index (κ2) is 4.74. The molecule has 1 saturated carbocycles. The van der Waals surface area contributed by atoms with Crippen LogP contribution in [0.15, 0.2) is 18.3 Å². The summed E-state index contributed by atoms with van der Waals surface area (Å²) >= 11 is 0. The average molecular weight is 275 g/mol. The molecule has 2 fully saturated rings. The summed E-state index contributed by atoms with van der Waals surface area (Å²) in [6.07, 6.45) is 3.82. The zero-order valence-electron chi connectivity index (χ0n) is 12.0. The van der Waals surface area contributed by atoms with E-state index >= 15 is 0 Å². The molecule has 5 nitrogen and oxygen atoms in total. The number of amides is 1. The van der Waals surface area contributed by atoms with Gasteiger partial charge in [0.2, 0.25) is 0 Å². The molecule has 2 aliphatic rings. The van der Waals surface area contributed by atoms with Gasteiger partial charge in [-0.05, 0) is 30.9 Å². The molecule has 2 unspecified atom stereocenters. The van der Waals surface area contributed by atoms with Crippen molar-refractivity contribution in [3.8, 4) is 0 Å². The number of aliphatic hydroxyl groups is 1. The van der Waals surface area contributed by atoms with Gasteiger partial charge in [0.25, 0.3) is 5.91 Å². The maximum Gasteiger partial charge on any atom is 0.257 e. The summed E-state index contributed by atoms with van der Waals surface area (Å²) in [6, 6.07) is 3.54. The fourth-order valence-electron chi connectivity index (χ4n) is 3.23. The third-order valence-electron chi connectivity index (χ3n) is 4.64. The first-order chi connectivity index (χ1) is 9.56. The van der Waals surface area contributed by atoms with Gasteiger partial charge in [-0.25, -0.2) is 4.98 Å². The molecular weight excluding hydrogens is 254 g/mol. The summed E-state index contributed by atoms with van der Waals surface area (Å²) in [5, 5.41) is 13.7. The first-order valence-corrected chi connectivity index (χ1v) is 7.20. The molecule has 0 radical (unpaired) electrons. The summed E-state index contributed by atoms with van der Waals surface area (Å²) < 4.78 is 0. The number of aromatic nitrogens is 1. The minimum atomic E-state index is -0.697. The van der Waals surface area contributed by atoms with Crippen LogP contribution in [0.1, 0.15) is 30.1 Å². The van der Waals surface area contributed by atoms with Crippen LogP contribution in [-0.2, 0) is 0 Å². The number of β-amino-alcohol motifs (C(OH)–C–C–N with tert-alkyl or cyclic N) is 1. The van der Waals surface area contributed by atoms with E-state index in [1.54, 1.807) is 30.3 Å². The largest absolute Gasteiger partial charge is 0.387 e. The maximum atomic E-state index is 12.6. The molecule has 0 spiro atoms. The molecule has 2 heterocycles. The number of carbonyl (C=O) groups excluding carboxylic acids is 1. The van der Waals surface area contributed by atoms with Crippen LogP contribution in [0.3, 0.4) is 0 Å². The topological polar surface area (TPSA) is 65.5 Å². The van der Waals surface area contributed by atoms with Crippen molar-refractivity contribution < 1.29 is 9.90 Å². The molecule has 2 atom stereocenters. The third-order valence-corrected chi connectivity index (χ3v) is 4.64. The Morgan fingerprint density at radius 2 is 2.30 bits per heavy atom. The first-order valence-electron chi connectivity index (χ1n) is 7.20. The highest BCUT2D eigenvalue weighted by Crippen LogP contribution is 2.47. The van der Waals surface area contributed by atoms with Gasteiger partial charge in [0.05, 0.1) is 17.7 Å². The van der Waals surface area contributed by atoms with Crippen molar-refractivity contribution in [2.24, 2.45) is 11.8 Å². The van der Waals surface area contributed by atoms with Crippen LogP contribution in [0.2, 0.25) is 0 Å². The molecule has 2 N–H and O–H groups in total. The fourth-order valence-corrected chi connectivity index (χ4v) is 3.23. The van der Waals surface area contributed by atoms with Crippen molar-refractivity contribution in [2.75, 3.05) is 25.5 Å². The van der Waals surface area contributed by atoms with E-state index in [4.69, 9.17) is 0 Å². The van der Waals surface area contributed by atoms with Crippen molar-refractivity contribution in [1.82, 2.24) is 9.88 Å². The molecule has 5 heteroatoms. The summed E-state index contributed by atoms with van der Waals surface area (Å²) in [7, 11) is 1.76. The van der Waals surface area contributed by atoms with E-state index < -0.39 is 5.60 Å². The smallest absolute Gasteiger partial charge is 0.257 e. The minimum Gasteiger partial charge on any atom is -0.387 e. The van der Waals surface area contributed by atoms with Gasteiger partial charge in [-0.15, -0.1) is 0 Å². The Labute approximate surface area is 119 Å². The minimum absolute atomic E-state index is 0.0501. The van der Waals surface area contributed by atoms with Crippen molar-refractivity contribution in [3.63, 3.8) is 0 Å². The van der Waals surface area contributed by atoms with Gasteiger partial charge in [0.15, 0.2) is 0 Å². The van der Waals surface area contributed by atoms with Gasteiger partial charge in [-0.2, -0.15) is 0 Å². The number of nitrogens with one attached hydrogen (secondary N) is 1. The monoisotopic (exact) mass is 275 g/mol. The van der Waals surface area contributed by atoms with Crippen molar-refractivity contribution in [2.45, 2.75) is 25.4 Å². The standard InChI is InChI=1S/C15H21N3O2/c1-10-8-18(9-15(10,20)11-5-6-11)14(19)12-4-3-7-17-13(12)16-2/h3-4,7,10-11,20H,5-6,8-9H2,1-2H3,(H,16,17). The Kier molecular flexibility index (Phi) is 3.17. The molecule has 1 aliphatic heterocycles. The zero-order chi connectivity index (χ0) is 14.3. The van der Waals surface area contributed by atoms with Gasteiger partial charge in [-0.1, -0.05) is 6.92 Å². The Balaban J connectivity index is 1.82. The second-order valence-corrected chi connectivity index (χ2v) is 6.00. The molecule has 1 aromatic rings. The predicted molar refractivity (Wildman–Crippen MR) is 76.5 cm³/mol. The molecule has 0 aromatic carbocycles. The van der Waals surface area contributed by atoms with E-state index in [0.29, 0.717) is 30.4 Å². The lowest BCUT2D eigenvalue weighted by Crippen LogP contribution is -2.40. The predicted octanol–water partition coefficient (Wildman–Crippen LogP) is 1.36. The number of pyridine rings is 1. The normalized spacial score (nSPS) is 29.6. The fraction of sp³-hybridized carbons (Fsp3) is 0.600. The van der Waals surface area contributed by atoms with Crippen molar-refractivity contribution in [1.29, 1.82) is 0 Å². The Bertz CT molecular complexity index is 530. The van der Waals surface area contributed by atoms with Crippen LogP contribution in [-0.4, -0.2) is 46.6 Å². The number of nitrogens with zero attached hydrogens (tertiary/aromatic N) is 2. The molecule has 1 aliphatic carbocycles. The molecule has 1 amide bonds. The summed E-state index contributed by atoms with van der Waals surface area (Å²) in [5.74, 6) is 1.04. The number of carbonyl (C=O) groups is 1. The number of rotatable bonds is 3. The highest BCUT2D eigenvalue weighted by molar-refractivity contribution is 5.98. The summed E-state index contributed by atoms with van der Waals surface area (Å²) in [5.41, 5.74) is -0.125. The van der Waals surface area contributed by atoms with Gasteiger partial charge < -0.3 is 15.3 Å². The van der Waals surface area contributed by atoms with Gasteiger partial charge in [0, 0.05) is 25.7 Å². The van der Waals surface area contributed by atoms with Gasteiger partial charge in [0.1, 0.15) is 5.82 Å². The average Bonchev–Trinajstić information content (AvgIpc) is 3.26. The number of hydrogen-bond acceptors (Lipinski definition) is 4. The summed E-state index contributed by atoms with van der Waals surface area (Å²) in [6.45, 7) is 3.09. The SMILES string of the molecule is CNc1ncccc1C(=O)N1CC(C)C(O)(C2CC2)C1. The highest BCUT2D eigenvalue weighted by atomic mass is 16.3. The van der Waals surface area contributed by atoms with E-state index in [9.17, 15) is 9.90 Å². The lowest BCUT2D eigenvalue weighted by Gasteiger charge is -2.26. The molecule has 0 bridgehead atoms. The van der Waals surface area contributed by atoms with Crippen LogP contribution in [0.5, 0.6) is 0 Å². The number of anilines is 1. The van der Waals surface area contributed by atoms with Crippen LogP contribution in [0.4, 0.5) is 5.82 Å². The third kappa shape index (κ3) is 2.06. The first kappa shape index (κ1) is 13.4. The van der Waals surface area contributed by atoms with Crippen molar-refractivity contribution in [3.05, 3.63) is 23.9 Å². The number of hydrogen-bond donors (Lipinski definition) is 2. The Morgan fingerprint density at radius 3 is 2.95 bits per heavy atom. The molecule has 3 rings (SSSR count). The Hall–Kier alpha value is -1.62. The van der Waals surface area contributed by atoms with E-state index in [2.05, 4.69) is 10.3 Å². The molecule has 1 aromatic heterocycles. The van der Waals surface area contributed by atoms with E-state index in [0.717, 1.165) is 12.8 Å². The second-order valence-electron chi connectivity index (χ2n) is 6.00.